The summed E-state index contributed by atoms with van der Waals surface area (Å²) in [4.78, 5) is 0. The largest absolute Gasteiger partial charge is 0.409 e. The Morgan fingerprint density at radius 1 is 1.60 bits per heavy atom. The minimum atomic E-state index is 0.319. The molecular weight excluding hydrogens is 210 g/mol. The molecule has 4 N–H and O–H groups in total. The summed E-state index contributed by atoms with van der Waals surface area (Å²) in [6.45, 7) is 2.03. The molecule has 15 heavy (non-hydrogen) atoms. The van der Waals surface area contributed by atoms with Gasteiger partial charge in [-0.2, -0.15) is 11.8 Å². The molecule has 5 heteroatoms. The summed E-state index contributed by atoms with van der Waals surface area (Å²) < 4.78 is 0.497. The molecule has 0 radical (unpaired) electrons. The lowest BCUT2D eigenvalue weighted by Crippen LogP contribution is -2.43. The monoisotopic (exact) mass is 231 g/mol. The third kappa shape index (κ3) is 3.91. The molecule has 0 aliphatic heterocycles. The van der Waals surface area contributed by atoms with Gasteiger partial charge in [0.2, 0.25) is 0 Å². The average Bonchev–Trinajstić information content (AvgIpc) is 2.20. The maximum Gasteiger partial charge on any atom is 0.139 e. The van der Waals surface area contributed by atoms with Crippen LogP contribution in [-0.2, 0) is 0 Å². The van der Waals surface area contributed by atoms with Crippen molar-refractivity contribution < 1.29 is 5.21 Å². The second kappa shape index (κ2) is 6.23. The summed E-state index contributed by atoms with van der Waals surface area (Å²) in [6.07, 6.45) is 7.82. The van der Waals surface area contributed by atoms with Gasteiger partial charge in [-0.1, -0.05) is 11.6 Å². The molecule has 0 bridgehead atoms. The predicted octanol–water partition coefficient (Wildman–Crippen LogP) is 1.39. The first-order valence-corrected chi connectivity index (χ1v) is 6.67. The number of oxime groups is 1. The van der Waals surface area contributed by atoms with Crippen molar-refractivity contribution in [2.75, 3.05) is 19.3 Å². The molecule has 0 saturated heterocycles. The van der Waals surface area contributed by atoms with Gasteiger partial charge in [0, 0.05) is 17.7 Å². The number of nitrogens with zero attached hydrogens (tertiary/aromatic N) is 1. The lowest BCUT2D eigenvalue weighted by Gasteiger charge is -2.40. The van der Waals surface area contributed by atoms with Crippen LogP contribution in [0.25, 0.3) is 0 Å². The van der Waals surface area contributed by atoms with Gasteiger partial charge >= 0.3 is 0 Å². The van der Waals surface area contributed by atoms with Gasteiger partial charge in [0.25, 0.3) is 0 Å². The molecule has 4 nitrogen and oxygen atoms in total. The van der Waals surface area contributed by atoms with Crippen LogP contribution in [0.5, 0.6) is 0 Å². The highest BCUT2D eigenvalue weighted by atomic mass is 32.2. The van der Waals surface area contributed by atoms with E-state index < -0.39 is 0 Å². The van der Waals surface area contributed by atoms with Crippen LogP contribution in [0.15, 0.2) is 5.16 Å². The molecule has 1 rings (SSSR count). The number of hydrogen-bond donors (Lipinski definition) is 3. The molecule has 0 spiro atoms. The van der Waals surface area contributed by atoms with E-state index in [-0.39, 0.29) is 0 Å². The topological polar surface area (TPSA) is 70.6 Å². The predicted molar refractivity (Wildman–Crippen MR) is 65.6 cm³/mol. The summed E-state index contributed by atoms with van der Waals surface area (Å²) in [5.41, 5.74) is 5.37. The fraction of sp³-hybridized carbons (Fsp3) is 0.900. The van der Waals surface area contributed by atoms with Crippen LogP contribution in [0.3, 0.4) is 0 Å². The van der Waals surface area contributed by atoms with Crippen LogP contribution in [0.2, 0.25) is 0 Å². The lowest BCUT2D eigenvalue weighted by molar-refractivity contribution is 0.316. The Kier molecular flexibility index (Phi) is 5.25. The van der Waals surface area contributed by atoms with Crippen molar-refractivity contribution >= 4 is 17.6 Å². The van der Waals surface area contributed by atoms with Crippen LogP contribution in [0, 0.1) is 0 Å². The number of rotatable bonds is 7. The van der Waals surface area contributed by atoms with E-state index in [0.29, 0.717) is 17.0 Å². The molecule has 0 amide bonds. The van der Waals surface area contributed by atoms with Crippen LogP contribution < -0.4 is 11.1 Å². The number of nitrogens with one attached hydrogen (secondary N) is 1. The zero-order chi connectivity index (χ0) is 11.1. The average molecular weight is 231 g/mol. The van der Waals surface area contributed by atoms with E-state index in [1.54, 1.807) is 0 Å². The van der Waals surface area contributed by atoms with Crippen LogP contribution in [0.1, 0.15) is 32.1 Å². The van der Waals surface area contributed by atoms with Crippen molar-refractivity contribution in [1.82, 2.24) is 5.32 Å². The van der Waals surface area contributed by atoms with E-state index in [9.17, 15) is 0 Å². The Labute approximate surface area is 95.7 Å². The standard InChI is InChI=1S/C10H21N3OS/c1-15-10(5-3-6-10)8-12-7-2-4-9(11)13-14/h12,14H,2-8H2,1H3,(H2,11,13). The number of amidine groups is 1. The summed E-state index contributed by atoms with van der Waals surface area (Å²) >= 11 is 1.98. The molecule has 0 unspecified atom stereocenters. The molecular formula is C10H21N3OS. The molecule has 1 aliphatic carbocycles. The number of hydrogen-bond acceptors (Lipinski definition) is 4. The van der Waals surface area contributed by atoms with Crippen molar-refractivity contribution in [2.24, 2.45) is 10.9 Å². The SMILES string of the molecule is CSC1(CNCCCC(N)=NO)CCC1. The maximum absolute atomic E-state index is 8.35. The first-order chi connectivity index (χ1) is 7.22. The number of nitrogens with two attached hydrogens (primary N) is 1. The third-order valence-corrected chi connectivity index (χ3v) is 4.48. The van der Waals surface area contributed by atoms with E-state index in [4.69, 9.17) is 10.9 Å². The molecule has 0 heterocycles. The van der Waals surface area contributed by atoms with Gasteiger partial charge in [-0.05, 0) is 32.1 Å². The summed E-state index contributed by atoms with van der Waals surface area (Å²) in [5, 5.41) is 14.7. The quantitative estimate of drug-likeness (QED) is 0.204. The molecule has 0 aromatic carbocycles. The third-order valence-electron chi connectivity index (χ3n) is 3.06. The zero-order valence-corrected chi connectivity index (χ0v) is 10.1. The van der Waals surface area contributed by atoms with Crippen molar-refractivity contribution in [1.29, 1.82) is 0 Å². The Hall–Kier alpha value is -0.420. The first-order valence-electron chi connectivity index (χ1n) is 5.45. The minimum Gasteiger partial charge on any atom is -0.409 e. The van der Waals surface area contributed by atoms with Crippen molar-refractivity contribution in [2.45, 2.75) is 36.9 Å². The van der Waals surface area contributed by atoms with Gasteiger partial charge in [0.1, 0.15) is 5.84 Å². The normalized spacial score (nSPS) is 19.9. The second-order valence-electron chi connectivity index (χ2n) is 4.11. The van der Waals surface area contributed by atoms with E-state index in [1.165, 1.54) is 19.3 Å². The van der Waals surface area contributed by atoms with Crippen LogP contribution >= 0.6 is 11.8 Å². The highest BCUT2D eigenvalue weighted by Crippen LogP contribution is 2.42. The van der Waals surface area contributed by atoms with E-state index in [1.807, 2.05) is 11.8 Å². The van der Waals surface area contributed by atoms with Gasteiger partial charge in [0.05, 0.1) is 0 Å². The van der Waals surface area contributed by atoms with E-state index >= 15 is 0 Å². The first kappa shape index (κ1) is 12.6. The van der Waals surface area contributed by atoms with Crippen LogP contribution in [-0.4, -0.2) is 35.1 Å². The Morgan fingerprint density at radius 3 is 2.80 bits per heavy atom. The Morgan fingerprint density at radius 2 is 2.33 bits per heavy atom. The van der Waals surface area contributed by atoms with E-state index in [0.717, 1.165) is 19.5 Å². The van der Waals surface area contributed by atoms with Gasteiger partial charge in [-0.15, -0.1) is 0 Å². The fourth-order valence-electron chi connectivity index (χ4n) is 1.78. The van der Waals surface area contributed by atoms with Gasteiger partial charge in [-0.25, -0.2) is 0 Å². The van der Waals surface area contributed by atoms with Gasteiger partial charge in [0.15, 0.2) is 0 Å². The lowest BCUT2D eigenvalue weighted by atomic mass is 9.84. The molecule has 1 fully saturated rings. The Balaban J connectivity index is 2.01. The zero-order valence-electron chi connectivity index (χ0n) is 9.33. The van der Waals surface area contributed by atoms with E-state index in [2.05, 4.69) is 16.7 Å². The number of thioether (sulfide) groups is 1. The van der Waals surface area contributed by atoms with Gasteiger partial charge < -0.3 is 16.3 Å². The summed E-state index contributed by atoms with van der Waals surface area (Å²) in [7, 11) is 0. The van der Waals surface area contributed by atoms with Crippen molar-refractivity contribution in [3.63, 3.8) is 0 Å². The minimum absolute atomic E-state index is 0.319. The Bertz CT molecular complexity index is 211. The molecule has 0 atom stereocenters. The highest BCUT2D eigenvalue weighted by molar-refractivity contribution is 8.00. The maximum atomic E-state index is 8.35. The summed E-state index contributed by atoms with van der Waals surface area (Å²) in [6, 6.07) is 0. The summed E-state index contributed by atoms with van der Waals surface area (Å²) in [5.74, 6) is 0.319. The second-order valence-corrected chi connectivity index (χ2v) is 5.39. The van der Waals surface area contributed by atoms with Crippen molar-refractivity contribution in [3.8, 4) is 0 Å². The molecule has 88 valence electrons. The molecule has 0 aromatic heterocycles. The molecule has 0 aromatic rings. The molecule has 1 aliphatic rings. The fourth-order valence-corrected chi connectivity index (χ4v) is 2.73. The highest BCUT2D eigenvalue weighted by Gasteiger charge is 2.35. The smallest absolute Gasteiger partial charge is 0.139 e. The molecule has 1 saturated carbocycles. The van der Waals surface area contributed by atoms with Crippen LogP contribution in [0.4, 0.5) is 0 Å². The van der Waals surface area contributed by atoms with Gasteiger partial charge in [-0.3, -0.25) is 0 Å². The van der Waals surface area contributed by atoms with Crippen molar-refractivity contribution in [3.05, 3.63) is 0 Å².